The van der Waals surface area contributed by atoms with Crippen molar-refractivity contribution in [2.75, 3.05) is 6.61 Å². The van der Waals surface area contributed by atoms with Crippen LogP contribution in [0, 0.1) is 24.5 Å². The topological polar surface area (TPSA) is 12.5 Å². The van der Waals surface area contributed by atoms with Gasteiger partial charge in [-0.1, -0.05) is 12.1 Å². The van der Waals surface area contributed by atoms with Gasteiger partial charge in [0, 0.05) is 0 Å². The lowest BCUT2D eigenvalue weighted by molar-refractivity contribution is 0.273. The Labute approximate surface area is 113 Å². The second-order valence-corrected chi connectivity index (χ2v) is 6.01. The third-order valence-electron chi connectivity index (χ3n) is 4.59. The van der Waals surface area contributed by atoms with Gasteiger partial charge in [-0.15, -0.1) is 0 Å². The number of ether oxygens (including phenoxy) is 1. The minimum absolute atomic E-state index is 0.187. The molecule has 1 heterocycles. The highest BCUT2D eigenvalue weighted by Crippen LogP contribution is 2.40. The fraction of sp³-hybridized carbons (Fsp3) is 0.625. The van der Waals surface area contributed by atoms with Crippen LogP contribution in [0.5, 0.6) is 0 Å². The van der Waals surface area contributed by atoms with Crippen LogP contribution < -0.4 is 0 Å². The highest BCUT2D eigenvalue weighted by atomic mass is 19.2. The van der Waals surface area contributed by atoms with Crippen LogP contribution in [0.4, 0.5) is 8.78 Å². The average molecular weight is 266 g/mol. The van der Waals surface area contributed by atoms with E-state index in [1.807, 2.05) is 0 Å². The van der Waals surface area contributed by atoms with Crippen LogP contribution in [0.2, 0.25) is 0 Å². The van der Waals surface area contributed by atoms with Crippen LogP contribution in [0.25, 0.3) is 0 Å². The first-order valence-electron chi connectivity index (χ1n) is 7.21. The van der Waals surface area contributed by atoms with E-state index >= 15 is 0 Å². The number of aryl methyl sites for hydroxylation is 1. The Morgan fingerprint density at radius 3 is 2.42 bits per heavy atom. The number of rotatable bonds is 3. The molecule has 1 aliphatic carbocycles. The standard InChI is InChI=1S/C16H20F2O/c1-10-2-7-14(16(18)15(10)17)12-5-3-11(4-6-12)8-13-9-19-13/h2,7,11-13H,3-6,8-9H2,1H3. The molecule has 2 fully saturated rings. The molecular formula is C16H20F2O. The largest absolute Gasteiger partial charge is 0.373 e. The molecule has 2 aliphatic rings. The molecule has 0 N–H and O–H groups in total. The highest BCUT2D eigenvalue weighted by Gasteiger charge is 2.31. The summed E-state index contributed by atoms with van der Waals surface area (Å²) >= 11 is 0. The third-order valence-corrected chi connectivity index (χ3v) is 4.59. The first kappa shape index (κ1) is 13.0. The molecule has 0 spiro atoms. The van der Waals surface area contributed by atoms with Crippen LogP contribution in [-0.2, 0) is 4.74 Å². The smallest absolute Gasteiger partial charge is 0.162 e. The van der Waals surface area contributed by atoms with E-state index in [1.165, 1.54) is 0 Å². The minimum atomic E-state index is -0.675. The molecule has 1 aromatic rings. The highest BCUT2D eigenvalue weighted by molar-refractivity contribution is 5.28. The summed E-state index contributed by atoms with van der Waals surface area (Å²) in [5, 5.41) is 0. The normalized spacial score (nSPS) is 30.4. The third kappa shape index (κ3) is 2.81. The minimum Gasteiger partial charge on any atom is -0.373 e. The second-order valence-electron chi connectivity index (χ2n) is 6.01. The van der Waals surface area contributed by atoms with Gasteiger partial charge in [0.2, 0.25) is 0 Å². The molecule has 1 atom stereocenters. The van der Waals surface area contributed by atoms with Crippen molar-refractivity contribution in [3.63, 3.8) is 0 Å². The quantitative estimate of drug-likeness (QED) is 0.742. The maximum absolute atomic E-state index is 14.0. The lowest BCUT2D eigenvalue weighted by Gasteiger charge is -2.28. The summed E-state index contributed by atoms with van der Waals surface area (Å²) in [4.78, 5) is 0. The summed E-state index contributed by atoms with van der Waals surface area (Å²) in [6, 6.07) is 3.46. The van der Waals surface area contributed by atoms with Crippen LogP contribution in [0.1, 0.15) is 49.1 Å². The van der Waals surface area contributed by atoms with E-state index < -0.39 is 11.6 Å². The number of benzene rings is 1. The van der Waals surface area contributed by atoms with E-state index in [-0.39, 0.29) is 5.92 Å². The Morgan fingerprint density at radius 2 is 1.79 bits per heavy atom. The Balaban J connectivity index is 1.65. The molecule has 0 radical (unpaired) electrons. The maximum Gasteiger partial charge on any atom is 0.162 e. The molecule has 1 saturated carbocycles. The number of hydrogen-bond acceptors (Lipinski definition) is 1. The Bertz CT molecular complexity index is 460. The molecule has 0 bridgehead atoms. The molecule has 1 aliphatic heterocycles. The van der Waals surface area contributed by atoms with Crippen molar-refractivity contribution in [2.45, 2.75) is 51.0 Å². The number of epoxide rings is 1. The van der Waals surface area contributed by atoms with Gasteiger partial charge in [-0.2, -0.15) is 0 Å². The zero-order valence-electron chi connectivity index (χ0n) is 11.3. The molecular weight excluding hydrogens is 246 g/mol. The first-order chi connectivity index (χ1) is 9.15. The van der Waals surface area contributed by atoms with Crippen molar-refractivity contribution in [3.8, 4) is 0 Å². The lowest BCUT2D eigenvalue weighted by atomic mass is 9.77. The molecule has 19 heavy (non-hydrogen) atoms. The van der Waals surface area contributed by atoms with Gasteiger partial charge in [-0.05, 0) is 62.0 Å². The summed E-state index contributed by atoms with van der Waals surface area (Å²) in [7, 11) is 0. The molecule has 0 amide bonds. The van der Waals surface area contributed by atoms with Gasteiger partial charge in [0.15, 0.2) is 11.6 Å². The summed E-state index contributed by atoms with van der Waals surface area (Å²) in [5.41, 5.74) is 0.963. The molecule has 1 aromatic carbocycles. The summed E-state index contributed by atoms with van der Waals surface area (Å²) in [5.74, 6) is -0.409. The summed E-state index contributed by atoms with van der Waals surface area (Å²) < 4.78 is 32.8. The van der Waals surface area contributed by atoms with Gasteiger partial charge in [0.05, 0.1) is 12.7 Å². The molecule has 1 unspecified atom stereocenters. The van der Waals surface area contributed by atoms with E-state index in [4.69, 9.17) is 4.74 Å². The molecule has 3 rings (SSSR count). The molecule has 3 heteroatoms. The van der Waals surface area contributed by atoms with Crippen molar-refractivity contribution in [2.24, 2.45) is 5.92 Å². The molecule has 1 nitrogen and oxygen atoms in total. The van der Waals surface area contributed by atoms with Gasteiger partial charge in [-0.25, -0.2) is 8.78 Å². The zero-order valence-corrected chi connectivity index (χ0v) is 11.3. The van der Waals surface area contributed by atoms with Gasteiger partial charge < -0.3 is 4.74 Å². The molecule has 1 saturated heterocycles. The fourth-order valence-corrected chi connectivity index (χ4v) is 3.26. The van der Waals surface area contributed by atoms with E-state index in [1.54, 1.807) is 19.1 Å². The van der Waals surface area contributed by atoms with E-state index in [2.05, 4.69) is 0 Å². The summed E-state index contributed by atoms with van der Waals surface area (Å²) in [6.45, 7) is 2.52. The van der Waals surface area contributed by atoms with E-state index in [9.17, 15) is 8.78 Å². The fourth-order valence-electron chi connectivity index (χ4n) is 3.26. The Morgan fingerprint density at radius 1 is 1.11 bits per heavy atom. The van der Waals surface area contributed by atoms with Crippen LogP contribution in [0.15, 0.2) is 12.1 Å². The van der Waals surface area contributed by atoms with Gasteiger partial charge >= 0.3 is 0 Å². The van der Waals surface area contributed by atoms with Crippen molar-refractivity contribution in [1.82, 2.24) is 0 Å². The number of hydrogen-bond donors (Lipinski definition) is 0. The first-order valence-corrected chi connectivity index (χ1v) is 7.21. The van der Waals surface area contributed by atoms with Crippen LogP contribution in [0.3, 0.4) is 0 Å². The van der Waals surface area contributed by atoms with Crippen molar-refractivity contribution < 1.29 is 13.5 Å². The lowest BCUT2D eigenvalue weighted by Crippen LogP contribution is -2.16. The second kappa shape index (κ2) is 5.20. The van der Waals surface area contributed by atoms with E-state index in [0.29, 0.717) is 23.1 Å². The monoisotopic (exact) mass is 266 g/mol. The van der Waals surface area contributed by atoms with Crippen LogP contribution >= 0.6 is 0 Å². The maximum atomic E-state index is 14.0. The zero-order chi connectivity index (χ0) is 13.4. The van der Waals surface area contributed by atoms with Crippen molar-refractivity contribution in [3.05, 3.63) is 34.9 Å². The van der Waals surface area contributed by atoms with Gasteiger partial charge in [-0.3, -0.25) is 0 Å². The predicted octanol–water partition coefficient (Wildman–Crippen LogP) is 4.34. The van der Waals surface area contributed by atoms with Crippen LogP contribution in [-0.4, -0.2) is 12.7 Å². The van der Waals surface area contributed by atoms with Gasteiger partial charge in [0.25, 0.3) is 0 Å². The summed E-state index contributed by atoms with van der Waals surface area (Å²) in [6.07, 6.45) is 5.79. The molecule has 104 valence electrons. The Hall–Kier alpha value is -0.960. The number of halogens is 2. The predicted molar refractivity (Wildman–Crippen MR) is 70.2 cm³/mol. The van der Waals surface area contributed by atoms with Crippen molar-refractivity contribution >= 4 is 0 Å². The average Bonchev–Trinajstić information content (AvgIpc) is 3.22. The van der Waals surface area contributed by atoms with Gasteiger partial charge in [0.1, 0.15) is 0 Å². The molecule has 0 aromatic heterocycles. The van der Waals surface area contributed by atoms with E-state index in [0.717, 1.165) is 38.7 Å². The SMILES string of the molecule is Cc1ccc(C2CCC(CC3CO3)CC2)c(F)c1F. The Kier molecular flexibility index (Phi) is 3.57. The van der Waals surface area contributed by atoms with Crippen molar-refractivity contribution in [1.29, 1.82) is 0 Å².